The molecule has 1 N–H and O–H groups in total. The maximum absolute atomic E-state index is 5.29. The fraction of sp³-hybridized carbons (Fsp3) is 1.00. The van der Waals surface area contributed by atoms with Crippen molar-refractivity contribution in [1.82, 2.24) is 5.32 Å². The van der Waals surface area contributed by atoms with Gasteiger partial charge in [0.15, 0.2) is 0 Å². The maximum atomic E-state index is 5.29. The SMILES string of the molecule is C1N[C@@H]2COC1C2. The van der Waals surface area contributed by atoms with Crippen LogP contribution in [0.2, 0.25) is 0 Å². The van der Waals surface area contributed by atoms with Crippen LogP contribution in [0, 0.1) is 0 Å². The van der Waals surface area contributed by atoms with Crippen LogP contribution in [0.1, 0.15) is 6.42 Å². The minimum Gasteiger partial charge on any atom is -0.375 e. The lowest BCUT2D eigenvalue weighted by atomic mass is 10.3. The lowest BCUT2D eigenvalue weighted by Crippen LogP contribution is -2.30. The van der Waals surface area contributed by atoms with E-state index in [1.54, 1.807) is 0 Å². The second-order valence-electron chi connectivity index (χ2n) is 2.30. The highest BCUT2D eigenvalue weighted by Crippen LogP contribution is 2.17. The van der Waals surface area contributed by atoms with Crippen molar-refractivity contribution >= 4 is 0 Å². The smallest absolute Gasteiger partial charge is 0.0716 e. The largest absolute Gasteiger partial charge is 0.375 e. The summed E-state index contributed by atoms with van der Waals surface area (Å²) in [4.78, 5) is 0. The second-order valence-corrected chi connectivity index (χ2v) is 2.30. The zero-order valence-electron chi connectivity index (χ0n) is 4.18. The molecule has 0 aliphatic carbocycles. The molecular formula is C5H9NO. The van der Waals surface area contributed by atoms with Gasteiger partial charge in [0.1, 0.15) is 0 Å². The summed E-state index contributed by atoms with van der Waals surface area (Å²) in [7, 11) is 0. The lowest BCUT2D eigenvalue weighted by Gasteiger charge is -2.09. The van der Waals surface area contributed by atoms with Gasteiger partial charge < -0.3 is 10.1 Å². The Morgan fingerprint density at radius 2 is 2.57 bits per heavy atom. The molecule has 2 aliphatic heterocycles. The van der Waals surface area contributed by atoms with Gasteiger partial charge in [-0.2, -0.15) is 0 Å². The summed E-state index contributed by atoms with van der Waals surface area (Å²) in [5, 5.41) is 3.33. The van der Waals surface area contributed by atoms with Crippen LogP contribution in [0.3, 0.4) is 0 Å². The highest BCUT2D eigenvalue weighted by atomic mass is 16.5. The summed E-state index contributed by atoms with van der Waals surface area (Å²) in [6.07, 6.45) is 1.81. The normalized spacial score (nSPS) is 48.0. The lowest BCUT2D eigenvalue weighted by molar-refractivity contribution is 0.0892. The van der Waals surface area contributed by atoms with Gasteiger partial charge in [0.2, 0.25) is 0 Å². The van der Waals surface area contributed by atoms with Gasteiger partial charge in [-0.3, -0.25) is 0 Å². The molecule has 0 saturated carbocycles. The van der Waals surface area contributed by atoms with E-state index in [1.807, 2.05) is 0 Å². The van der Waals surface area contributed by atoms with Gasteiger partial charge in [0.25, 0.3) is 0 Å². The molecule has 2 rings (SSSR count). The van der Waals surface area contributed by atoms with Gasteiger partial charge in [-0.15, -0.1) is 0 Å². The number of nitrogens with one attached hydrogen (secondary N) is 1. The molecule has 2 nitrogen and oxygen atoms in total. The molecule has 0 amide bonds. The number of hydrogen-bond donors (Lipinski definition) is 1. The zero-order valence-corrected chi connectivity index (χ0v) is 4.18. The third-order valence-electron chi connectivity index (χ3n) is 1.71. The van der Waals surface area contributed by atoms with Crippen LogP contribution in [0.25, 0.3) is 0 Å². The third kappa shape index (κ3) is 0.469. The topological polar surface area (TPSA) is 21.3 Å². The van der Waals surface area contributed by atoms with Crippen molar-refractivity contribution in [2.75, 3.05) is 13.2 Å². The van der Waals surface area contributed by atoms with Crippen molar-refractivity contribution in [1.29, 1.82) is 0 Å². The zero-order chi connectivity index (χ0) is 4.69. The summed E-state index contributed by atoms with van der Waals surface area (Å²) in [6, 6.07) is 0.699. The Morgan fingerprint density at radius 1 is 1.57 bits per heavy atom. The van der Waals surface area contributed by atoms with Gasteiger partial charge in [-0.1, -0.05) is 0 Å². The summed E-state index contributed by atoms with van der Waals surface area (Å²) >= 11 is 0. The minimum atomic E-state index is 0.560. The molecule has 2 fully saturated rings. The van der Waals surface area contributed by atoms with Gasteiger partial charge in [0, 0.05) is 12.6 Å². The maximum Gasteiger partial charge on any atom is 0.0716 e. The van der Waals surface area contributed by atoms with Crippen molar-refractivity contribution in [3.8, 4) is 0 Å². The molecule has 2 saturated heterocycles. The fourth-order valence-electron chi connectivity index (χ4n) is 1.29. The number of hydrogen-bond acceptors (Lipinski definition) is 2. The van der Waals surface area contributed by atoms with Crippen LogP contribution in [-0.2, 0) is 4.74 Å². The van der Waals surface area contributed by atoms with Crippen LogP contribution in [0.15, 0.2) is 0 Å². The van der Waals surface area contributed by atoms with Crippen LogP contribution in [0.5, 0.6) is 0 Å². The van der Waals surface area contributed by atoms with Crippen molar-refractivity contribution in [2.24, 2.45) is 0 Å². The third-order valence-corrected chi connectivity index (χ3v) is 1.71. The molecule has 2 aliphatic rings. The molecule has 2 heteroatoms. The van der Waals surface area contributed by atoms with Gasteiger partial charge >= 0.3 is 0 Å². The number of rotatable bonds is 0. The quantitative estimate of drug-likeness (QED) is 0.452. The van der Waals surface area contributed by atoms with E-state index in [1.165, 1.54) is 6.42 Å². The Bertz CT molecular complexity index is 66.1. The fourth-order valence-corrected chi connectivity index (χ4v) is 1.29. The molecule has 2 atom stereocenters. The molecule has 0 radical (unpaired) electrons. The molecule has 0 spiro atoms. The first kappa shape index (κ1) is 3.87. The van der Waals surface area contributed by atoms with Crippen molar-refractivity contribution in [3.63, 3.8) is 0 Å². The first-order chi connectivity index (χ1) is 3.45. The highest BCUT2D eigenvalue weighted by molar-refractivity contribution is 4.87. The van der Waals surface area contributed by atoms with E-state index < -0.39 is 0 Å². The van der Waals surface area contributed by atoms with E-state index in [-0.39, 0.29) is 0 Å². The average Bonchev–Trinajstić information content (AvgIpc) is 2.22. The van der Waals surface area contributed by atoms with E-state index in [0.29, 0.717) is 12.1 Å². The Morgan fingerprint density at radius 3 is 2.71 bits per heavy atom. The van der Waals surface area contributed by atoms with E-state index in [9.17, 15) is 0 Å². The van der Waals surface area contributed by atoms with Crippen LogP contribution in [0.4, 0.5) is 0 Å². The van der Waals surface area contributed by atoms with Gasteiger partial charge in [-0.05, 0) is 6.42 Å². The van der Waals surface area contributed by atoms with Crippen LogP contribution >= 0.6 is 0 Å². The summed E-state index contributed by atoms with van der Waals surface area (Å²) < 4.78 is 5.29. The monoisotopic (exact) mass is 99.1 g/mol. The van der Waals surface area contributed by atoms with Crippen molar-refractivity contribution < 1.29 is 4.74 Å². The first-order valence-corrected chi connectivity index (χ1v) is 2.80. The van der Waals surface area contributed by atoms with Gasteiger partial charge in [0.05, 0.1) is 12.7 Å². The summed E-state index contributed by atoms with van der Waals surface area (Å²) in [5.74, 6) is 0. The molecule has 0 aromatic rings. The predicted molar refractivity (Wildman–Crippen MR) is 26.1 cm³/mol. The minimum absolute atomic E-state index is 0.560. The molecule has 40 valence electrons. The van der Waals surface area contributed by atoms with Crippen molar-refractivity contribution in [2.45, 2.75) is 18.6 Å². The van der Waals surface area contributed by atoms with E-state index in [0.717, 1.165) is 13.2 Å². The Kier molecular flexibility index (Phi) is 0.664. The summed E-state index contributed by atoms with van der Waals surface area (Å²) in [5.41, 5.74) is 0. The first-order valence-electron chi connectivity index (χ1n) is 2.80. The second kappa shape index (κ2) is 1.20. The van der Waals surface area contributed by atoms with Crippen molar-refractivity contribution in [3.05, 3.63) is 0 Å². The standard InChI is InChI=1S/C5H9NO/c1-4-3-7-5(1)2-6-4/h4-6H,1-3H2/t4-,5?/m0/s1. The van der Waals surface area contributed by atoms with E-state index in [4.69, 9.17) is 4.74 Å². The van der Waals surface area contributed by atoms with E-state index in [2.05, 4.69) is 5.32 Å². The molecule has 0 aromatic heterocycles. The molecule has 1 unspecified atom stereocenters. The molecular weight excluding hydrogens is 90.1 g/mol. The van der Waals surface area contributed by atoms with Crippen LogP contribution < -0.4 is 5.32 Å². The predicted octanol–water partition coefficient (Wildman–Crippen LogP) is -0.253. The molecule has 0 aromatic carbocycles. The Hall–Kier alpha value is -0.0800. The average molecular weight is 99.1 g/mol. The van der Waals surface area contributed by atoms with Crippen LogP contribution in [-0.4, -0.2) is 25.3 Å². The Labute approximate surface area is 42.9 Å². The van der Waals surface area contributed by atoms with E-state index >= 15 is 0 Å². The number of morpholine rings is 1. The summed E-state index contributed by atoms with van der Waals surface area (Å²) in [6.45, 7) is 2.04. The van der Waals surface area contributed by atoms with Gasteiger partial charge in [-0.25, -0.2) is 0 Å². The highest BCUT2D eigenvalue weighted by Gasteiger charge is 2.31. The molecule has 2 bridgehead atoms. The number of ether oxygens (including phenoxy) is 1. The molecule has 2 heterocycles. The molecule has 7 heavy (non-hydrogen) atoms. The Balaban J connectivity index is 2.12. The number of fused-ring (bicyclic) bond motifs is 2.